The van der Waals surface area contributed by atoms with E-state index in [1.807, 2.05) is 0 Å². The molecule has 2 heterocycles. The second-order valence-electron chi connectivity index (χ2n) is 5.24. The van der Waals surface area contributed by atoms with Crippen LogP contribution in [0.15, 0.2) is 24.7 Å². The zero-order chi connectivity index (χ0) is 13.5. The third-order valence-corrected chi connectivity index (χ3v) is 3.91. The molecule has 1 atom stereocenters. The Labute approximate surface area is 110 Å². The van der Waals surface area contributed by atoms with Gasteiger partial charge in [-0.2, -0.15) is 0 Å². The van der Waals surface area contributed by atoms with Crippen molar-refractivity contribution >= 4 is 17.2 Å². The van der Waals surface area contributed by atoms with Gasteiger partial charge >= 0.3 is 0 Å². The third kappa shape index (κ3) is 2.08. The van der Waals surface area contributed by atoms with E-state index in [9.17, 15) is 9.90 Å². The number of carbonyl (C=O) groups is 1. The van der Waals surface area contributed by atoms with Crippen molar-refractivity contribution in [1.82, 2.24) is 14.6 Å². The number of carbonyl (C=O) groups excluding carboxylic acids is 1. The Morgan fingerprint density at radius 2 is 2.32 bits per heavy atom. The quantitative estimate of drug-likeness (QED) is 0.869. The highest BCUT2D eigenvalue weighted by atomic mass is 16.3. The van der Waals surface area contributed by atoms with E-state index >= 15 is 0 Å². The van der Waals surface area contributed by atoms with Crippen LogP contribution in [-0.4, -0.2) is 31.2 Å². The standard InChI is InChI=1S/C13H16N4O2/c1-13(19,9-3-2-4-9)12(18)15-10-5-6-11-16-14-8-17(11)7-10/h5-9,19H,2-4H2,1H3,(H,15,18). The van der Waals surface area contributed by atoms with E-state index in [1.165, 1.54) is 0 Å². The number of fused-ring (bicyclic) bond motifs is 1. The van der Waals surface area contributed by atoms with Gasteiger partial charge < -0.3 is 10.4 Å². The Morgan fingerprint density at radius 3 is 3.00 bits per heavy atom. The van der Waals surface area contributed by atoms with E-state index in [0.717, 1.165) is 19.3 Å². The Hall–Kier alpha value is -1.95. The number of anilines is 1. The largest absolute Gasteiger partial charge is 0.380 e. The zero-order valence-corrected chi connectivity index (χ0v) is 10.7. The fourth-order valence-electron chi connectivity index (χ4n) is 2.31. The molecule has 0 aromatic carbocycles. The van der Waals surface area contributed by atoms with Crippen LogP contribution in [0, 0.1) is 5.92 Å². The molecule has 0 spiro atoms. The lowest BCUT2D eigenvalue weighted by Gasteiger charge is -2.37. The zero-order valence-electron chi connectivity index (χ0n) is 10.7. The molecule has 2 N–H and O–H groups in total. The van der Waals surface area contributed by atoms with Gasteiger partial charge in [-0.05, 0) is 37.8 Å². The lowest BCUT2D eigenvalue weighted by Crippen LogP contribution is -2.49. The van der Waals surface area contributed by atoms with Crippen LogP contribution in [0.5, 0.6) is 0 Å². The summed E-state index contributed by atoms with van der Waals surface area (Å²) in [6, 6.07) is 3.51. The molecule has 3 rings (SSSR count). The second kappa shape index (κ2) is 4.31. The van der Waals surface area contributed by atoms with Crippen molar-refractivity contribution < 1.29 is 9.90 Å². The Bertz CT molecular complexity index is 616. The average molecular weight is 260 g/mol. The number of pyridine rings is 1. The summed E-state index contributed by atoms with van der Waals surface area (Å²) >= 11 is 0. The maximum absolute atomic E-state index is 12.1. The van der Waals surface area contributed by atoms with E-state index in [-0.39, 0.29) is 11.8 Å². The van der Waals surface area contributed by atoms with Crippen molar-refractivity contribution in [3.05, 3.63) is 24.7 Å². The maximum Gasteiger partial charge on any atom is 0.256 e. The van der Waals surface area contributed by atoms with Crippen molar-refractivity contribution in [2.24, 2.45) is 5.92 Å². The first-order chi connectivity index (χ1) is 9.07. The minimum atomic E-state index is -1.31. The lowest BCUT2D eigenvalue weighted by atomic mass is 9.73. The fraction of sp³-hybridized carbons (Fsp3) is 0.462. The number of aliphatic hydroxyl groups is 1. The number of amides is 1. The Balaban J connectivity index is 1.78. The summed E-state index contributed by atoms with van der Waals surface area (Å²) in [6.07, 6.45) is 6.19. The molecular weight excluding hydrogens is 244 g/mol. The summed E-state index contributed by atoms with van der Waals surface area (Å²) in [7, 11) is 0. The van der Waals surface area contributed by atoms with Gasteiger partial charge in [-0.3, -0.25) is 9.20 Å². The number of rotatable bonds is 3. The molecule has 1 aliphatic rings. The number of aromatic nitrogens is 3. The first kappa shape index (κ1) is 12.1. The summed E-state index contributed by atoms with van der Waals surface area (Å²) in [5.74, 6) is -0.296. The van der Waals surface area contributed by atoms with Crippen molar-refractivity contribution in [1.29, 1.82) is 0 Å². The SMILES string of the molecule is CC(O)(C(=O)Nc1ccc2nncn2c1)C1CCC1. The number of nitrogens with one attached hydrogen (secondary N) is 1. The highest BCUT2D eigenvalue weighted by molar-refractivity contribution is 5.97. The highest BCUT2D eigenvalue weighted by Gasteiger charge is 2.42. The number of hydrogen-bond donors (Lipinski definition) is 2. The molecule has 100 valence electrons. The Morgan fingerprint density at radius 1 is 1.53 bits per heavy atom. The molecule has 0 saturated heterocycles. The summed E-state index contributed by atoms with van der Waals surface area (Å²) in [5, 5.41) is 20.7. The van der Waals surface area contributed by atoms with Crippen LogP contribution in [-0.2, 0) is 4.79 Å². The molecule has 0 aliphatic heterocycles. The van der Waals surface area contributed by atoms with Gasteiger partial charge in [-0.25, -0.2) is 0 Å². The minimum absolute atomic E-state index is 0.0612. The van der Waals surface area contributed by atoms with Crippen molar-refractivity contribution in [3.8, 4) is 0 Å². The molecule has 0 bridgehead atoms. The fourth-order valence-corrected chi connectivity index (χ4v) is 2.31. The van der Waals surface area contributed by atoms with E-state index in [4.69, 9.17) is 0 Å². The first-order valence-electron chi connectivity index (χ1n) is 6.40. The van der Waals surface area contributed by atoms with E-state index in [1.54, 1.807) is 36.0 Å². The summed E-state index contributed by atoms with van der Waals surface area (Å²) in [6.45, 7) is 1.59. The Kier molecular flexibility index (Phi) is 2.74. The molecule has 2 aromatic heterocycles. The minimum Gasteiger partial charge on any atom is -0.380 e. The molecule has 6 nitrogen and oxygen atoms in total. The number of hydrogen-bond acceptors (Lipinski definition) is 4. The molecule has 1 fully saturated rings. The van der Waals surface area contributed by atoms with Gasteiger partial charge in [-0.1, -0.05) is 6.42 Å². The van der Waals surface area contributed by atoms with Gasteiger partial charge in [0.2, 0.25) is 0 Å². The van der Waals surface area contributed by atoms with Crippen LogP contribution >= 0.6 is 0 Å². The van der Waals surface area contributed by atoms with Crippen molar-refractivity contribution in [2.45, 2.75) is 31.8 Å². The van der Waals surface area contributed by atoms with Crippen molar-refractivity contribution in [2.75, 3.05) is 5.32 Å². The van der Waals surface area contributed by atoms with E-state index in [2.05, 4.69) is 15.5 Å². The van der Waals surface area contributed by atoms with Gasteiger partial charge in [0.05, 0.1) is 5.69 Å². The van der Waals surface area contributed by atoms with Gasteiger partial charge in [0.15, 0.2) is 5.65 Å². The van der Waals surface area contributed by atoms with Crippen LogP contribution in [0.1, 0.15) is 26.2 Å². The molecule has 2 aromatic rings. The van der Waals surface area contributed by atoms with Crippen LogP contribution < -0.4 is 5.32 Å². The van der Waals surface area contributed by atoms with Crippen LogP contribution in [0.2, 0.25) is 0 Å². The van der Waals surface area contributed by atoms with Gasteiger partial charge in [-0.15, -0.1) is 10.2 Å². The van der Waals surface area contributed by atoms with Crippen molar-refractivity contribution in [3.63, 3.8) is 0 Å². The third-order valence-electron chi connectivity index (χ3n) is 3.91. The van der Waals surface area contributed by atoms with E-state index in [0.29, 0.717) is 11.3 Å². The van der Waals surface area contributed by atoms with Gasteiger partial charge in [0, 0.05) is 6.20 Å². The second-order valence-corrected chi connectivity index (χ2v) is 5.24. The van der Waals surface area contributed by atoms with Crippen LogP contribution in [0.4, 0.5) is 5.69 Å². The molecule has 0 radical (unpaired) electrons. The first-order valence-corrected chi connectivity index (χ1v) is 6.40. The smallest absolute Gasteiger partial charge is 0.256 e. The summed E-state index contributed by atoms with van der Waals surface area (Å²) in [5.41, 5.74) is 0.0288. The molecule has 1 aliphatic carbocycles. The number of nitrogens with zero attached hydrogens (tertiary/aromatic N) is 3. The van der Waals surface area contributed by atoms with E-state index < -0.39 is 5.60 Å². The topological polar surface area (TPSA) is 79.5 Å². The summed E-state index contributed by atoms with van der Waals surface area (Å²) in [4.78, 5) is 12.1. The van der Waals surface area contributed by atoms with Gasteiger partial charge in [0.25, 0.3) is 5.91 Å². The predicted octanol–water partition coefficient (Wildman–Crippen LogP) is 1.22. The van der Waals surface area contributed by atoms with Gasteiger partial charge in [0.1, 0.15) is 11.9 Å². The van der Waals surface area contributed by atoms with Crippen LogP contribution in [0.3, 0.4) is 0 Å². The molecule has 6 heteroatoms. The molecule has 1 unspecified atom stereocenters. The predicted molar refractivity (Wildman–Crippen MR) is 69.6 cm³/mol. The normalized spacial score (nSPS) is 18.8. The van der Waals surface area contributed by atoms with Crippen LogP contribution in [0.25, 0.3) is 5.65 Å². The molecule has 19 heavy (non-hydrogen) atoms. The maximum atomic E-state index is 12.1. The summed E-state index contributed by atoms with van der Waals surface area (Å²) < 4.78 is 1.72. The lowest BCUT2D eigenvalue weighted by molar-refractivity contribution is -0.141. The molecule has 1 saturated carbocycles. The monoisotopic (exact) mass is 260 g/mol. The highest BCUT2D eigenvalue weighted by Crippen LogP contribution is 2.36. The molecule has 1 amide bonds. The molecular formula is C13H16N4O2. The average Bonchev–Trinajstić information content (AvgIpc) is 2.73.